The number of fused-ring (bicyclic) bond motifs is 1. The van der Waals surface area contributed by atoms with Crippen LogP contribution in [0.25, 0.3) is 0 Å². The van der Waals surface area contributed by atoms with Crippen LogP contribution in [0, 0.1) is 11.8 Å². The first-order chi connectivity index (χ1) is 22.5. The molecule has 3 atom stereocenters. The van der Waals surface area contributed by atoms with Crippen LogP contribution in [0.5, 0.6) is 5.75 Å². The number of rotatable bonds is 16. The van der Waals surface area contributed by atoms with Crippen molar-refractivity contribution in [2.45, 2.75) is 116 Å². The van der Waals surface area contributed by atoms with Crippen molar-refractivity contribution in [3.8, 4) is 5.75 Å². The minimum atomic E-state index is -0.495. The second kappa shape index (κ2) is 17.6. The van der Waals surface area contributed by atoms with Gasteiger partial charge >= 0.3 is 6.09 Å². The molecule has 2 saturated heterocycles. The van der Waals surface area contributed by atoms with Crippen LogP contribution in [0.4, 0.5) is 4.79 Å². The van der Waals surface area contributed by atoms with Gasteiger partial charge in [0.1, 0.15) is 11.4 Å². The Morgan fingerprint density at radius 3 is 2.38 bits per heavy atom. The van der Waals surface area contributed by atoms with Crippen molar-refractivity contribution in [1.29, 1.82) is 0 Å². The van der Waals surface area contributed by atoms with Crippen molar-refractivity contribution in [2.24, 2.45) is 11.8 Å². The highest BCUT2D eigenvalue weighted by Gasteiger charge is 2.33. The summed E-state index contributed by atoms with van der Waals surface area (Å²) in [5.41, 5.74) is 1.19. The van der Waals surface area contributed by atoms with Crippen molar-refractivity contribution in [3.05, 3.63) is 29.3 Å². The normalized spacial score (nSPS) is 21.6. The molecule has 0 radical (unpaired) electrons. The van der Waals surface area contributed by atoms with Crippen LogP contribution in [-0.2, 0) is 25.5 Å². The van der Waals surface area contributed by atoms with Crippen LogP contribution in [-0.4, -0.2) is 78.9 Å². The van der Waals surface area contributed by atoms with E-state index in [1.165, 1.54) is 0 Å². The van der Waals surface area contributed by atoms with Gasteiger partial charge in [0.15, 0.2) is 5.78 Å². The molecule has 11 heteroatoms. The van der Waals surface area contributed by atoms with Gasteiger partial charge < -0.3 is 20.1 Å². The number of Topliss-reactive ketones (excluding diaryl/α,β-unsaturated/α-hetero) is 1. The maximum absolute atomic E-state index is 13.3. The molecule has 4 amide bonds. The summed E-state index contributed by atoms with van der Waals surface area (Å²) >= 11 is 0. The van der Waals surface area contributed by atoms with E-state index in [0.29, 0.717) is 45.4 Å². The molecule has 1 aromatic rings. The van der Waals surface area contributed by atoms with Gasteiger partial charge in [-0.25, -0.2) is 4.79 Å². The molecule has 1 aliphatic carbocycles. The number of amides is 4. The number of carbonyl (C=O) groups is 5. The summed E-state index contributed by atoms with van der Waals surface area (Å²) in [6.45, 7) is 8.96. The first-order valence-corrected chi connectivity index (χ1v) is 17.6. The Hall–Kier alpha value is -3.47. The Balaban J connectivity index is 1.11. The zero-order chi connectivity index (χ0) is 33.8. The summed E-state index contributed by atoms with van der Waals surface area (Å²) in [4.78, 5) is 63.7. The molecule has 0 saturated carbocycles. The van der Waals surface area contributed by atoms with Crippen molar-refractivity contribution >= 4 is 29.6 Å². The van der Waals surface area contributed by atoms with Crippen molar-refractivity contribution in [1.82, 2.24) is 20.9 Å². The SMILES string of the molecule is CC(C)(C)OC(=O)NCCCCCCNC(=O)C1CCCN1CCCOc1cccc2c1CCC(CCC1CCC(=O)NC1=O)C2=O. The zero-order valence-corrected chi connectivity index (χ0v) is 28.5. The van der Waals surface area contributed by atoms with Gasteiger partial charge in [-0.1, -0.05) is 25.0 Å². The Morgan fingerprint density at radius 2 is 1.64 bits per heavy atom. The van der Waals surface area contributed by atoms with E-state index in [4.69, 9.17) is 9.47 Å². The summed E-state index contributed by atoms with van der Waals surface area (Å²) in [5, 5.41) is 8.30. The Bertz CT molecular complexity index is 1260. The predicted molar refractivity (Wildman–Crippen MR) is 178 cm³/mol. The highest BCUT2D eigenvalue weighted by molar-refractivity contribution is 6.01. The van der Waals surface area contributed by atoms with E-state index >= 15 is 0 Å². The van der Waals surface area contributed by atoms with Gasteiger partial charge in [-0.15, -0.1) is 0 Å². The lowest BCUT2D eigenvalue weighted by atomic mass is 9.78. The van der Waals surface area contributed by atoms with E-state index in [1.807, 2.05) is 39.0 Å². The first kappa shape index (κ1) is 36.4. The monoisotopic (exact) mass is 654 g/mol. The molecular formula is C36H54N4O7. The predicted octanol–water partition coefficient (Wildman–Crippen LogP) is 4.70. The van der Waals surface area contributed by atoms with Gasteiger partial charge in [-0.3, -0.25) is 29.4 Å². The summed E-state index contributed by atoms with van der Waals surface area (Å²) in [6.07, 6.45) is 9.69. The number of hydrogen-bond acceptors (Lipinski definition) is 8. The smallest absolute Gasteiger partial charge is 0.407 e. The van der Waals surface area contributed by atoms with Crippen molar-refractivity contribution < 1.29 is 33.4 Å². The highest BCUT2D eigenvalue weighted by atomic mass is 16.6. The van der Waals surface area contributed by atoms with E-state index < -0.39 is 5.60 Å². The molecule has 2 fully saturated rings. The maximum Gasteiger partial charge on any atom is 0.407 e. The molecule has 11 nitrogen and oxygen atoms in total. The molecular weight excluding hydrogens is 600 g/mol. The molecule has 4 rings (SSSR count). The molecule has 3 aliphatic rings. The molecule has 0 aromatic heterocycles. The molecule has 0 spiro atoms. The number of benzene rings is 1. The van der Waals surface area contributed by atoms with Gasteiger partial charge in [0.05, 0.1) is 12.6 Å². The van der Waals surface area contributed by atoms with Gasteiger partial charge in [-0.05, 0) is 97.6 Å². The molecule has 1 aromatic carbocycles. The molecule has 3 unspecified atom stereocenters. The summed E-state index contributed by atoms with van der Waals surface area (Å²) < 4.78 is 11.4. The number of nitrogens with zero attached hydrogens (tertiary/aromatic N) is 1. The fourth-order valence-corrected chi connectivity index (χ4v) is 6.83. The highest BCUT2D eigenvalue weighted by Crippen LogP contribution is 2.35. The standard InChI is InChI=1S/C36H54N4O7/c1-36(2,3)47-35(45)38-21-7-5-4-6-20-37-34(44)29-12-9-22-40(29)23-10-24-46-30-13-8-11-28-27(30)18-16-25(32(28)42)14-15-26-17-19-31(41)39-33(26)43/h8,11,13,25-26,29H,4-7,9-10,12,14-24H2,1-3H3,(H,37,44)(H,38,45)(H,39,41,43). The molecule has 0 bridgehead atoms. The number of carbonyl (C=O) groups excluding carboxylic acids is 5. The van der Waals surface area contributed by atoms with Gasteiger partial charge in [0.25, 0.3) is 0 Å². The minimum Gasteiger partial charge on any atom is -0.493 e. The number of piperidine rings is 1. The lowest BCUT2D eigenvalue weighted by Gasteiger charge is -2.27. The largest absolute Gasteiger partial charge is 0.493 e. The van der Waals surface area contributed by atoms with E-state index in [2.05, 4.69) is 20.9 Å². The molecule has 2 heterocycles. The van der Waals surface area contributed by atoms with Gasteiger partial charge in [-0.2, -0.15) is 0 Å². The lowest BCUT2D eigenvalue weighted by molar-refractivity contribution is -0.136. The van der Waals surface area contributed by atoms with Crippen LogP contribution >= 0.6 is 0 Å². The number of nitrogens with one attached hydrogen (secondary N) is 3. The molecule has 3 N–H and O–H groups in total. The molecule has 2 aliphatic heterocycles. The van der Waals surface area contributed by atoms with Gasteiger partial charge in [0, 0.05) is 49.0 Å². The average Bonchev–Trinajstić information content (AvgIpc) is 3.49. The summed E-state index contributed by atoms with van der Waals surface area (Å²) in [6, 6.07) is 5.57. The first-order valence-electron chi connectivity index (χ1n) is 17.6. The third kappa shape index (κ3) is 11.3. The third-order valence-electron chi connectivity index (χ3n) is 9.31. The third-order valence-corrected chi connectivity index (χ3v) is 9.31. The number of unbranched alkanes of at least 4 members (excludes halogenated alkanes) is 3. The van der Waals surface area contributed by atoms with Crippen LogP contribution in [0.1, 0.15) is 114 Å². The Kier molecular flexibility index (Phi) is 13.6. The van der Waals surface area contributed by atoms with Crippen LogP contribution in [0.3, 0.4) is 0 Å². The number of imide groups is 1. The van der Waals surface area contributed by atoms with Crippen LogP contribution in [0.15, 0.2) is 18.2 Å². The fourth-order valence-electron chi connectivity index (χ4n) is 6.83. The van der Waals surface area contributed by atoms with Crippen molar-refractivity contribution in [2.75, 3.05) is 32.8 Å². The minimum absolute atomic E-state index is 0.0952. The van der Waals surface area contributed by atoms with E-state index in [-0.39, 0.29) is 47.5 Å². The second-order valence-electron chi connectivity index (χ2n) is 14.1. The van der Waals surface area contributed by atoms with Gasteiger partial charge in [0.2, 0.25) is 17.7 Å². The number of ether oxygens (including phenoxy) is 2. The quantitative estimate of drug-likeness (QED) is 0.172. The second-order valence-corrected chi connectivity index (χ2v) is 14.1. The van der Waals surface area contributed by atoms with E-state index in [0.717, 1.165) is 87.8 Å². The molecule has 47 heavy (non-hydrogen) atoms. The topological polar surface area (TPSA) is 143 Å². The lowest BCUT2D eigenvalue weighted by Crippen LogP contribution is -2.44. The van der Waals surface area contributed by atoms with E-state index in [9.17, 15) is 24.0 Å². The Labute approximate surface area is 279 Å². The summed E-state index contributed by atoms with van der Waals surface area (Å²) in [5.74, 6) is 0.231. The number of alkyl carbamates (subject to hydrolysis) is 1. The zero-order valence-electron chi connectivity index (χ0n) is 28.5. The van der Waals surface area contributed by atoms with Crippen LogP contribution in [0.2, 0.25) is 0 Å². The fraction of sp³-hybridized carbons (Fsp3) is 0.694. The molecule has 260 valence electrons. The number of likely N-dealkylation sites (tertiary alicyclic amines) is 1. The van der Waals surface area contributed by atoms with E-state index in [1.54, 1.807) is 0 Å². The summed E-state index contributed by atoms with van der Waals surface area (Å²) in [7, 11) is 0. The number of ketones is 1. The number of hydrogen-bond donors (Lipinski definition) is 3. The maximum atomic E-state index is 13.3. The Morgan fingerprint density at radius 1 is 0.915 bits per heavy atom. The average molecular weight is 655 g/mol. The van der Waals surface area contributed by atoms with Crippen molar-refractivity contribution in [3.63, 3.8) is 0 Å². The van der Waals surface area contributed by atoms with Crippen LogP contribution < -0.4 is 20.7 Å².